The number of nitrogens with zero attached hydrogens (tertiary/aromatic N) is 6. The Balaban J connectivity index is 1.61. The van der Waals surface area contributed by atoms with Gasteiger partial charge in [0.05, 0.1) is 11.7 Å². The third kappa shape index (κ3) is 2.86. The largest absolute Gasteiger partial charge is 0.353 e. The molecule has 0 saturated carbocycles. The second kappa shape index (κ2) is 5.51. The van der Waals surface area contributed by atoms with Gasteiger partial charge >= 0.3 is 0 Å². The SMILES string of the molecule is CN(c1ccncn1)C1CN(c2ccc(C(C)(C)C)nn2)C1. The third-order valence-corrected chi connectivity index (χ3v) is 4.08. The molecule has 116 valence electrons. The number of aromatic nitrogens is 4. The smallest absolute Gasteiger partial charge is 0.151 e. The van der Waals surface area contributed by atoms with Crippen molar-refractivity contribution in [3.05, 3.63) is 36.4 Å². The lowest BCUT2D eigenvalue weighted by atomic mass is 9.92. The Kier molecular flexibility index (Phi) is 3.68. The topological polar surface area (TPSA) is 58.0 Å². The Morgan fingerprint density at radius 1 is 1.14 bits per heavy atom. The quantitative estimate of drug-likeness (QED) is 0.862. The van der Waals surface area contributed by atoms with E-state index in [-0.39, 0.29) is 5.41 Å². The number of anilines is 2. The Morgan fingerprint density at radius 2 is 1.91 bits per heavy atom. The molecule has 0 aromatic carbocycles. The van der Waals surface area contributed by atoms with E-state index < -0.39 is 0 Å². The summed E-state index contributed by atoms with van der Waals surface area (Å²) in [5, 5.41) is 8.72. The monoisotopic (exact) mass is 298 g/mol. The minimum Gasteiger partial charge on any atom is -0.353 e. The van der Waals surface area contributed by atoms with E-state index in [0.29, 0.717) is 6.04 Å². The van der Waals surface area contributed by atoms with E-state index in [0.717, 1.165) is 30.4 Å². The Labute approximate surface area is 131 Å². The van der Waals surface area contributed by atoms with Crippen LogP contribution in [-0.4, -0.2) is 46.3 Å². The summed E-state index contributed by atoms with van der Waals surface area (Å²) in [5.41, 5.74) is 1.06. The Morgan fingerprint density at radius 3 is 2.45 bits per heavy atom. The molecule has 1 aliphatic heterocycles. The van der Waals surface area contributed by atoms with E-state index in [4.69, 9.17) is 0 Å². The molecular weight excluding hydrogens is 276 g/mol. The lowest BCUT2D eigenvalue weighted by Gasteiger charge is -2.44. The lowest BCUT2D eigenvalue weighted by molar-refractivity contribution is 0.485. The number of hydrogen-bond acceptors (Lipinski definition) is 6. The van der Waals surface area contributed by atoms with Crippen LogP contribution >= 0.6 is 0 Å². The van der Waals surface area contributed by atoms with Gasteiger partial charge in [0, 0.05) is 31.7 Å². The van der Waals surface area contributed by atoms with Crippen LogP contribution in [0.4, 0.5) is 11.6 Å². The predicted molar refractivity (Wildman–Crippen MR) is 87.2 cm³/mol. The lowest BCUT2D eigenvalue weighted by Crippen LogP contribution is -2.59. The van der Waals surface area contributed by atoms with Crippen molar-refractivity contribution in [2.45, 2.75) is 32.2 Å². The fourth-order valence-corrected chi connectivity index (χ4v) is 2.46. The molecule has 6 heteroatoms. The fourth-order valence-electron chi connectivity index (χ4n) is 2.46. The van der Waals surface area contributed by atoms with Crippen LogP contribution in [0.15, 0.2) is 30.7 Å². The van der Waals surface area contributed by atoms with Gasteiger partial charge in [0.2, 0.25) is 0 Å². The number of likely N-dealkylation sites (N-methyl/N-ethyl adjacent to an activating group) is 1. The molecule has 1 saturated heterocycles. The first-order valence-corrected chi connectivity index (χ1v) is 7.53. The van der Waals surface area contributed by atoms with Gasteiger partial charge in [-0.1, -0.05) is 20.8 Å². The second-order valence-corrected chi connectivity index (χ2v) is 6.76. The molecule has 0 N–H and O–H groups in total. The van der Waals surface area contributed by atoms with Crippen molar-refractivity contribution < 1.29 is 0 Å². The van der Waals surface area contributed by atoms with Gasteiger partial charge in [0.1, 0.15) is 12.1 Å². The molecule has 1 fully saturated rings. The number of hydrogen-bond donors (Lipinski definition) is 0. The van der Waals surface area contributed by atoms with Gasteiger partial charge in [-0.05, 0) is 18.2 Å². The molecule has 0 atom stereocenters. The molecule has 3 heterocycles. The normalized spacial score (nSPS) is 15.5. The van der Waals surface area contributed by atoms with Crippen molar-refractivity contribution in [3.8, 4) is 0 Å². The zero-order valence-electron chi connectivity index (χ0n) is 13.6. The van der Waals surface area contributed by atoms with E-state index in [1.54, 1.807) is 12.5 Å². The predicted octanol–water partition coefficient (Wildman–Crippen LogP) is 1.89. The Hall–Kier alpha value is -2.24. The molecule has 1 aliphatic rings. The molecule has 6 nitrogen and oxygen atoms in total. The van der Waals surface area contributed by atoms with Gasteiger partial charge in [-0.25, -0.2) is 9.97 Å². The molecule has 2 aromatic rings. The minimum atomic E-state index is 0.0379. The summed E-state index contributed by atoms with van der Waals surface area (Å²) in [5.74, 6) is 1.90. The number of rotatable bonds is 3. The summed E-state index contributed by atoms with van der Waals surface area (Å²) in [4.78, 5) is 12.7. The molecule has 0 radical (unpaired) electrons. The van der Waals surface area contributed by atoms with Crippen molar-refractivity contribution in [1.29, 1.82) is 0 Å². The van der Waals surface area contributed by atoms with Gasteiger partial charge in [-0.15, -0.1) is 5.10 Å². The van der Waals surface area contributed by atoms with E-state index in [1.165, 1.54) is 0 Å². The Bertz CT molecular complexity index is 613. The molecule has 3 rings (SSSR count). The van der Waals surface area contributed by atoms with Crippen molar-refractivity contribution in [3.63, 3.8) is 0 Å². The maximum atomic E-state index is 4.37. The van der Waals surface area contributed by atoms with Crippen molar-refractivity contribution >= 4 is 11.6 Å². The van der Waals surface area contributed by atoms with Crippen LogP contribution in [0.1, 0.15) is 26.5 Å². The second-order valence-electron chi connectivity index (χ2n) is 6.76. The maximum absolute atomic E-state index is 4.37. The summed E-state index contributed by atoms with van der Waals surface area (Å²) in [7, 11) is 2.07. The van der Waals surface area contributed by atoms with Gasteiger partial charge in [-0.2, -0.15) is 5.10 Å². The van der Waals surface area contributed by atoms with Crippen molar-refractivity contribution in [2.75, 3.05) is 29.9 Å². The van der Waals surface area contributed by atoms with Crippen molar-refractivity contribution in [1.82, 2.24) is 20.2 Å². The highest BCUT2D eigenvalue weighted by atomic mass is 15.4. The average molecular weight is 298 g/mol. The molecule has 0 aliphatic carbocycles. The van der Waals surface area contributed by atoms with Crippen LogP contribution in [0.2, 0.25) is 0 Å². The van der Waals surface area contributed by atoms with Gasteiger partial charge in [-0.3, -0.25) is 0 Å². The highest BCUT2D eigenvalue weighted by Crippen LogP contribution is 2.25. The van der Waals surface area contributed by atoms with Crippen LogP contribution < -0.4 is 9.80 Å². The zero-order chi connectivity index (χ0) is 15.7. The summed E-state index contributed by atoms with van der Waals surface area (Å²) in [6, 6.07) is 6.51. The molecule has 2 aromatic heterocycles. The summed E-state index contributed by atoms with van der Waals surface area (Å²) >= 11 is 0. The van der Waals surface area contributed by atoms with Crippen LogP contribution in [0.25, 0.3) is 0 Å². The first kappa shape index (κ1) is 14.7. The fraction of sp³-hybridized carbons (Fsp3) is 0.500. The first-order valence-electron chi connectivity index (χ1n) is 7.53. The van der Waals surface area contributed by atoms with Gasteiger partial charge in [0.15, 0.2) is 5.82 Å². The summed E-state index contributed by atoms with van der Waals surface area (Å²) < 4.78 is 0. The highest BCUT2D eigenvalue weighted by molar-refractivity contribution is 5.47. The van der Waals surface area contributed by atoms with Crippen LogP contribution in [0, 0.1) is 0 Å². The zero-order valence-corrected chi connectivity index (χ0v) is 13.6. The molecule has 0 spiro atoms. The van der Waals surface area contributed by atoms with E-state index in [9.17, 15) is 0 Å². The molecule has 0 amide bonds. The molecule has 0 bridgehead atoms. The van der Waals surface area contributed by atoms with Gasteiger partial charge in [0.25, 0.3) is 0 Å². The van der Waals surface area contributed by atoms with E-state index >= 15 is 0 Å². The standard InChI is InChI=1S/C16H22N6/c1-16(2,3)13-5-6-15(20-19-13)22-9-12(10-22)21(4)14-7-8-17-11-18-14/h5-8,11-12H,9-10H2,1-4H3. The third-order valence-electron chi connectivity index (χ3n) is 4.08. The molecular formula is C16H22N6. The highest BCUT2D eigenvalue weighted by Gasteiger charge is 2.32. The van der Waals surface area contributed by atoms with E-state index in [1.807, 2.05) is 6.07 Å². The van der Waals surface area contributed by atoms with Crippen LogP contribution in [-0.2, 0) is 5.41 Å². The van der Waals surface area contributed by atoms with E-state index in [2.05, 4.69) is 69.9 Å². The molecule has 22 heavy (non-hydrogen) atoms. The minimum absolute atomic E-state index is 0.0379. The van der Waals surface area contributed by atoms with Crippen molar-refractivity contribution in [2.24, 2.45) is 0 Å². The average Bonchev–Trinajstić information content (AvgIpc) is 2.46. The summed E-state index contributed by atoms with van der Waals surface area (Å²) in [6.07, 6.45) is 3.35. The van der Waals surface area contributed by atoms with Crippen LogP contribution in [0.3, 0.4) is 0 Å². The van der Waals surface area contributed by atoms with Gasteiger partial charge < -0.3 is 9.80 Å². The maximum Gasteiger partial charge on any atom is 0.151 e. The molecule has 0 unspecified atom stereocenters. The first-order chi connectivity index (χ1) is 10.4. The summed E-state index contributed by atoms with van der Waals surface area (Å²) in [6.45, 7) is 8.31. The van der Waals surface area contributed by atoms with Crippen LogP contribution in [0.5, 0.6) is 0 Å².